The van der Waals surface area contributed by atoms with Crippen molar-refractivity contribution in [3.05, 3.63) is 65.0 Å². The minimum atomic E-state index is -0.0952. The molecule has 0 unspecified atom stereocenters. The predicted molar refractivity (Wildman–Crippen MR) is 137 cm³/mol. The number of furan rings is 1. The van der Waals surface area contributed by atoms with E-state index in [1.54, 1.807) is 24.7 Å². The molecule has 0 atom stereocenters. The third-order valence-electron chi connectivity index (χ3n) is 4.95. The summed E-state index contributed by atoms with van der Waals surface area (Å²) in [5.74, 6) is 1.43. The van der Waals surface area contributed by atoms with Crippen molar-refractivity contribution < 1.29 is 13.9 Å². The molecular formula is C22H20I2N2O3S. The van der Waals surface area contributed by atoms with E-state index >= 15 is 0 Å². The molecule has 1 N–H and O–H groups in total. The van der Waals surface area contributed by atoms with Gasteiger partial charge in [-0.05, 0) is 101 Å². The maximum absolute atomic E-state index is 13.1. The van der Waals surface area contributed by atoms with Gasteiger partial charge in [0.2, 0.25) is 0 Å². The number of methoxy groups -OCH3 is 1. The first kappa shape index (κ1) is 21.8. The molecule has 3 aromatic rings. The van der Waals surface area contributed by atoms with Crippen molar-refractivity contribution in [2.24, 2.45) is 4.99 Å². The van der Waals surface area contributed by atoms with Crippen LogP contribution in [0.25, 0.3) is 0 Å². The zero-order chi connectivity index (χ0) is 21.1. The summed E-state index contributed by atoms with van der Waals surface area (Å²) in [6.07, 6.45) is 7.62. The molecule has 0 aliphatic heterocycles. The van der Waals surface area contributed by atoms with Gasteiger partial charge in [0, 0.05) is 20.2 Å². The smallest absolute Gasteiger partial charge is 0.255 e. The van der Waals surface area contributed by atoms with Gasteiger partial charge in [0.25, 0.3) is 5.91 Å². The summed E-state index contributed by atoms with van der Waals surface area (Å²) in [7, 11) is 1.67. The fourth-order valence-electron chi connectivity index (χ4n) is 3.57. The lowest BCUT2D eigenvalue weighted by Crippen LogP contribution is -2.23. The first-order valence-electron chi connectivity index (χ1n) is 9.59. The molecule has 0 saturated carbocycles. The van der Waals surface area contributed by atoms with Gasteiger partial charge in [0.15, 0.2) is 0 Å². The number of fused-ring (bicyclic) bond motifs is 1. The highest BCUT2D eigenvalue weighted by atomic mass is 127. The number of halogens is 2. The van der Waals surface area contributed by atoms with Crippen molar-refractivity contribution in [2.45, 2.75) is 32.2 Å². The summed E-state index contributed by atoms with van der Waals surface area (Å²) in [6.45, 7) is 0.364. The van der Waals surface area contributed by atoms with E-state index < -0.39 is 0 Å². The minimum absolute atomic E-state index is 0.0952. The molecule has 30 heavy (non-hydrogen) atoms. The molecule has 0 saturated heterocycles. The second-order valence-electron chi connectivity index (χ2n) is 6.92. The van der Waals surface area contributed by atoms with Crippen LogP contribution in [0.5, 0.6) is 5.75 Å². The number of rotatable bonds is 6. The molecule has 5 nitrogen and oxygen atoms in total. The van der Waals surface area contributed by atoms with E-state index in [1.807, 2.05) is 24.4 Å². The van der Waals surface area contributed by atoms with E-state index in [1.165, 1.54) is 4.88 Å². The number of thiophene rings is 1. The van der Waals surface area contributed by atoms with Crippen molar-refractivity contribution in [3.8, 4) is 5.75 Å². The topological polar surface area (TPSA) is 63.8 Å². The number of nitrogens with zero attached hydrogens (tertiary/aromatic N) is 1. The normalized spacial score (nSPS) is 13.4. The van der Waals surface area contributed by atoms with Gasteiger partial charge in [-0.2, -0.15) is 0 Å². The molecule has 8 heteroatoms. The summed E-state index contributed by atoms with van der Waals surface area (Å²) in [5, 5.41) is 3.75. The van der Waals surface area contributed by atoms with Gasteiger partial charge in [-0.15, -0.1) is 11.3 Å². The second kappa shape index (κ2) is 9.82. The number of carbonyl (C=O) groups is 1. The van der Waals surface area contributed by atoms with Crippen LogP contribution in [0.4, 0.5) is 5.00 Å². The van der Waals surface area contributed by atoms with Crippen molar-refractivity contribution in [1.29, 1.82) is 0 Å². The summed E-state index contributed by atoms with van der Waals surface area (Å²) >= 11 is 6.18. The van der Waals surface area contributed by atoms with Crippen LogP contribution in [-0.4, -0.2) is 19.2 Å². The first-order chi connectivity index (χ1) is 14.6. The SMILES string of the molecule is COc1c(I)cc(I)cc1C=Nc1sc2c(c1C(=O)NCc1ccco1)CCCC2. The molecule has 4 rings (SSSR count). The number of amides is 1. The van der Waals surface area contributed by atoms with Crippen LogP contribution >= 0.6 is 56.5 Å². The number of carbonyl (C=O) groups excluding carboxylic acids is 1. The molecule has 0 bridgehead atoms. The van der Waals surface area contributed by atoms with Crippen LogP contribution in [0.2, 0.25) is 0 Å². The second-order valence-corrected chi connectivity index (χ2v) is 10.4. The highest BCUT2D eigenvalue weighted by Gasteiger charge is 2.25. The van der Waals surface area contributed by atoms with Crippen LogP contribution in [0.3, 0.4) is 0 Å². The van der Waals surface area contributed by atoms with Crippen LogP contribution in [0, 0.1) is 7.14 Å². The molecule has 2 aromatic heterocycles. The fourth-order valence-corrected chi connectivity index (χ4v) is 6.91. The third-order valence-corrected chi connectivity index (χ3v) is 7.57. The lowest BCUT2D eigenvalue weighted by atomic mass is 9.95. The summed E-state index contributed by atoms with van der Waals surface area (Å²) in [5.41, 5.74) is 2.76. The molecule has 2 heterocycles. The first-order valence-corrected chi connectivity index (χ1v) is 12.6. The average Bonchev–Trinajstić information content (AvgIpc) is 3.37. The Hall–Kier alpha value is -1.40. The largest absolute Gasteiger partial charge is 0.495 e. The zero-order valence-corrected chi connectivity index (χ0v) is 21.5. The highest BCUT2D eigenvalue weighted by Crippen LogP contribution is 2.40. The molecule has 0 radical (unpaired) electrons. The lowest BCUT2D eigenvalue weighted by Gasteiger charge is -2.12. The zero-order valence-electron chi connectivity index (χ0n) is 16.3. The Balaban J connectivity index is 1.67. The molecule has 1 aliphatic carbocycles. The summed E-state index contributed by atoms with van der Waals surface area (Å²) < 4.78 is 13.1. The van der Waals surface area contributed by atoms with E-state index in [-0.39, 0.29) is 5.91 Å². The van der Waals surface area contributed by atoms with Crippen molar-refractivity contribution in [3.63, 3.8) is 0 Å². The Morgan fingerprint density at radius 1 is 1.33 bits per heavy atom. The van der Waals surface area contributed by atoms with Gasteiger partial charge in [-0.3, -0.25) is 4.79 Å². The maximum atomic E-state index is 13.1. The fraction of sp³-hybridized carbons (Fsp3) is 0.273. The average molecular weight is 646 g/mol. The van der Waals surface area contributed by atoms with E-state index in [4.69, 9.17) is 14.1 Å². The number of aryl methyl sites for hydroxylation is 1. The van der Waals surface area contributed by atoms with Gasteiger partial charge in [-0.25, -0.2) is 4.99 Å². The Kier molecular flexibility index (Phi) is 7.14. The van der Waals surface area contributed by atoms with Gasteiger partial charge < -0.3 is 14.5 Å². The Bertz CT molecular complexity index is 1090. The molecule has 156 valence electrons. The van der Waals surface area contributed by atoms with Gasteiger partial charge >= 0.3 is 0 Å². The maximum Gasteiger partial charge on any atom is 0.255 e. The quantitative estimate of drug-likeness (QED) is 0.260. The predicted octanol–water partition coefficient (Wildman–Crippen LogP) is 6.12. The van der Waals surface area contributed by atoms with E-state index in [2.05, 4.69) is 56.6 Å². The highest BCUT2D eigenvalue weighted by molar-refractivity contribution is 14.1. The number of hydrogen-bond acceptors (Lipinski definition) is 5. The van der Waals surface area contributed by atoms with Crippen molar-refractivity contribution in [2.75, 3.05) is 7.11 Å². The molecular weight excluding hydrogens is 626 g/mol. The van der Waals surface area contributed by atoms with Crippen LogP contribution in [0.1, 0.15) is 45.0 Å². The number of nitrogens with one attached hydrogen (secondary N) is 1. The lowest BCUT2D eigenvalue weighted by molar-refractivity contribution is 0.0948. The van der Waals surface area contributed by atoms with Gasteiger partial charge in [-0.1, -0.05) is 0 Å². The van der Waals surface area contributed by atoms with Crippen molar-refractivity contribution >= 4 is 73.6 Å². The number of aliphatic imine (C=N–C) groups is 1. The standard InChI is InChI=1S/C22H20I2N2O3S/c1-28-20-13(9-14(23)10-17(20)24)11-26-22-19(16-6-2-3-7-18(16)30-22)21(27)25-12-15-5-4-8-29-15/h4-5,8-11H,2-3,6-7,12H2,1H3,(H,25,27). The van der Waals surface area contributed by atoms with Crippen LogP contribution in [-0.2, 0) is 19.4 Å². The summed E-state index contributed by atoms with van der Waals surface area (Å²) in [4.78, 5) is 19.1. The molecule has 1 aliphatic rings. The Morgan fingerprint density at radius 2 is 2.17 bits per heavy atom. The number of ether oxygens (including phenoxy) is 1. The molecule has 0 fully saturated rings. The Morgan fingerprint density at radius 3 is 2.93 bits per heavy atom. The van der Waals surface area contributed by atoms with Gasteiger partial charge in [0.1, 0.15) is 16.5 Å². The number of benzene rings is 1. The molecule has 0 spiro atoms. The van der Waals surface area contributed by atoms with Crippen LogP contribution < -0.4 is 10.1 Å². The monoisotopic (exact) mass is 646 g/mol. The van der Waals surface area contributed by atoms with Gasteiger partial charge in [0.05, 0.1) is 29.1 Å². The number of hydrogen-bond donors (Lipinski definition) is 1. The van der Waals surface area contributed by atoms with Crippen molar-refractivity contribution in [1.82, 2.24) is 5.32 Å². The van der Waals surface area contributed by atoms with E-state index in [0.29, 0.717) is 12.1 Å². The Labute approximate surface area is 206 Å². The third kappa shape index (κ3) is 4.75. The molecule has 1 aromatic carbocycles. The summed E-state index contributed by atoms with van der Waals surface area (Å²) in [6, 6.07) is 7.77. The van der Waals surface area contributed by atoms with E-state index in [0.717, 1.165) is 60.5 Å². The van der Waals surface area contributed by atoms with Crippen LogP contribution in [0.15, 0.2) is 39.9 Å². The molecule has 1 amide bonds. The minimum Gasteiger partial charge on any atom is -0.495 e. The van der Waals surface area contributed by atoms with E-state index in [9.17, 15) is 4.79 Å².